The quantitative estimate of drug-likeness (QED) is 0.703. The topological polar surface area (TPSA) is 16.1 Å². The second kappa shape index (κ2) is 5.88. The average Bonchev–Trinajstić information content (AvgIpc) is 2.79. The number of anilines is 1. The third-order valence-corrected chi connectivity index (χ3v) is 3.51. The van der Waals surface area contributed by atoms with Crippen LogP contribution in [0, 0.1) is 5.92 Å². The van der Waals surface area contributed by atoms with E-state index >= 15 is 0 Å². The van der Waals surface area contributed by atoms with Crippen LogP contribution < -0.4 is 4.90 Å². The van der Waals surface area contributed by atoms with Crippen molar-refractivity contribution in [2.45, 2.75) is 39.0 Å². The maximum Gasteiger partial charge on any atom is 0.0552 e. The van der Waals surface area contributed by atoms with Crippen LogP contribution in [0.25, 0.3) is 0 Å². The number of hydrogen-bond acceptors (Lipinski definition) is 2. The fourth-order valence-corrected chi connectivity index (χ4v) is 2.53. The van der Waals surface area contributed by atoms with Gasteiger partial charge in [0.1, 0.15) is 0 Å². The summed E-state index contributed by atoms with van der Waals surface area (Å²) in [5.41, 5.74) is 1.29. The first kappa shape index (κ1) is 11.4. The highest BCUT2D eigenvalue weighted by Gasteiger charge is 2.21. The Morgan fingerprint density at radius 2 is 2.38 bits per heavy atom. The van der Waals surface area contributed by atoms with Gasteiger partial charge in [-0.3, -0.25) is 4.98 Å². The molecule has 2 rings (SSSR count). The summed E-state index contributed by atoms with van der Waals surface area (Å²) in [5.74, 6) is 0.909. The van der Waals surface area contributed by atoms with E-state index < -0.39 is 0 Å². The molecule has 0 aliphatic carbocycles. The molecule has 2 heterocycles. The van der Waals surface area contributed by atoms with Gasteiger partial charge in [0, 0.05) is 19.3 Å². The van der Waals surface area contributed by atoms with Gasteiger partial charge >= 0.3 is 0 Å². The van der Waals surface area contributed by atoms with Gasteiger partial charge in [-0.1, -0.05) is 26.2 Å². The van der Waals surface area contributed by atoms with Crippen LogP contribution in [0.15, 0.2) is 24.5 Å². The SMILES string of the molecule is CCCCCC1CCN(c2cccnc2)C1. The summed E-state index contributed by atoms with van der Waals surface area (Å²) in [6.07, 6.45) is 10.7. The van der Waals surface area contributed by atoms with Crippen LogP contribution in [0.1, 0.15) is 39.0 Å². The molecule has 1 fully saturated rings. The lowest BCUT2D eigenvalue weighted by atomic mass is 10.0. The Morgan fingerprint density at radius 3 is 3.12 bits per heavy atom. The van der Waals surface area contributed by atoms with Crippen LogP contribution in [-0.4, -0.2) is 18.1 Å². The van der Waals surface area contributed by atoms with E-state index in [1.54, 1.807) is 0 Å². The van der Waals surface area contributed by atoms with Crippen molar-refractivity contribution in [1.29, 1.82) is 0 Å². The molecule has 0 amide bonds. The molecule has 2 nitrogen and oxygen atoms in total. The molecular weight excluding hydrogens is 196 g/mol. The molecule has 1 aromatic rings. The molecule has 1 unspecified atom stereocenters. The highest BCUT2D eigenvalue weighted by Crippen LogP contribution is 2.26. The van der Waals surface area contributed by atoms with Gasteiger partial charge in [-0.05, 0) is 30.9 Å². The van der Waals surface area contributed by atoms with E-state index in [4.69, 9.17) is 0 Å². The summed E-state index contributed by atoms with van der Waals surface area (Å²) in [4.78, 5) is 6.66. The van der Waals surface area contributed by atoms with E-state index in [-0.39, 0.29) is 0 Å². The minimum atomic E-state index is 0.909. The van der Waals surface area contributed by atoms with E-state index in [0.717, 1.165) is 5.92 Å². The van der Waals surface area contributed by atoms with Crippen LogP contribution in [-0.2, 0) is 0 Å². The second-order valence-corrected chi connectivity index (χ2v) is 4.81. The van der Waals surface area contributed by atoms with Gasteiger partial charge in [-0.25, -0.2) is 0 Å². The zero-order chi connectivity index (χ0) is 11.2. The fraction of sp³-hybridized carbons (Fsp3) is 0.643. The van der Waals surface area contributed by atoms with E-state index in [9.17, 15) is 0 Å². The van der Waals surface area contributed by atoms with Crippen LogP contribution in [0.5, 0.6) is 0 Å². The zero-order valence-electron chi connectivity index (χ0n) is 10.2. The first-order chi connectivity index (χ1) is 7.90. The minimum absolute atomic E-state index is 0.909. The van der Waals surface area contributed by atoms with Gasteiger partial charge in [0.05, 0.1) is 11.9 Å². The summed E-state index contributed by atoms with van der Waals surface area (Å²) in [7, 11) is 0. The summed E-state index contributed by atoms with van der Waals surface area (Å²) in [6, 6.07) is 4.20. The van der Waals surface area contributed by atoms with Crippen molar-refractivity contribution in [1.82, 2.24) is 4.98 Å². The molecule has 0 N–H and O–H groups in total. The van der Waals surface area contributed by atoms with Crippen LogP contribution in [0.3, 0.4) is 0 Å². The molecule has 2 heteroatoms. The Morgan fingerprint density at radius 1 is 1.44 bits per heavy atom. The van der Waals surface area contributed by atoms with Crippen LogP contribution >= 0.6 is 0 Å². The number of pyridine rings is 1. The number of aromatic nitrogens is 1. The third kappa shape index (κ3) is 2.97. The molecule has 0 saturated carbocycles. The predicted octanol–water partition coefficient (Wildman–Crippen LogP) is 3.49. The van der Waals surface area contributed by atoms with Crippen LogP contribution in [0.4, 0.5) is 5.69 Å². The minimum Gasteiger partial charge on any atom is -0.370 e. The van der Waals surface area contributed by atoms with Crippen molar-refractivity contribution in [3.63, 3.8) is 0 Å². The fourth-order valence-electron chi connectivity index (χ4n) is 2.53. The summed E-state index contributed by atoms with van der Waals surface area (Å²) in [5, 5.41) is 0. The van der Waals surface area contributed by atoms with Crippen molar-refractivity contribution >= 4 is 5.69 Å². The maximum atomic E-state index is 4.19. The monoisotopic (exact) mass is 218 g/mol. The molecule has 1 aromatic heterocycles. The van der Waals surface area contributed by atoms with Crippen LogP contribution in [0.2, 0.25) is 0 Å². The molecule has 1 aliphatic rings. The maximum absolute atomic E-state index is 4.19. The van der Waals surface area contributed by atoms with E-state index in [1.165, 1.54) is 50.9 Å². The van der Waals surface area contributed by atoms with Crippen molar-refractivity contribution < 1.29 is 0 Å². The number of unbranched alkanes of at least 4 members (excludes halogenated alkanes) is 2. The number of hydrogen-bond donors (Lipinski definition) is 0. The highest BCUT2D eigenvalue weighted by molar-refractivity contribution is 5.44. The molecule has 0 spiro atoms. The molecule has 1 saturated heterocycles. The smallest absolute Gasteiger partial charge is 0.0552 e. The first-order valence-corrected chi connectivity index (χ1v) is 6.55. The Labute approximate surface area is 98.7 Å². The third-order valence-electron chi connectivity index (χ3n) is 3.51. The Hall–Kier alpha value is -1.05. The average molecular weight is 218 g/mol. The molecular formula is C14H22N2. The van der Waals surface area contributed by atoms with Gasteiger partial charge in [0.2, 0.25) is 0 Å². The van der Waals surface area contributed by atoms with Gasteiger partial charge in [-0.2, -0.15) is 0 Å². The standard InChI is InChI=1S/C14H22N2/c1-2-3-4-6-13-8-10-16(12-13)14-7-5-9-15-11-14/h5,7,9,11,13H,2-4,6,8,10,12H2,1H3. The lowest BCUT2D eigenvalue weighted by molar-refractivity contribution is 0.499. The van der Waals surface area contributed by atoms with E-state index in [1.807, 2.05) is 18.5 Å². The lowest BCUT2D eigenvalue weighted by Crippen LogP contribution is -2.19. The van der Waals surface area contributed by atoms with E-state index in [2.05, 4.69) is 22.9 Å². The molecule has 0 bridgehead atoms. The largest absolute Gasteiger partial charge is 0.370 e. The Kier molecular flexibility index (Phi) is 4.20. The predicted molar refractivity (Wildman–Crippen MR) is 68.7 cm³/mol. The lowest BCUT2D eigenvalue weighted by Gasteiger charge is -2.17. The van der Waals surface area contributed by atoms with Gasteiger partial charge in [-0.15, -0.1) is 0 Å². The molecule has 88 valence electrons. The van der Waals surface area contributed by atoms with Gasteiger partial charge in [0.25, 0.3) is 0 Å². The normalized spacial score (nSPS) is 20.3. The Balaban J connectivity index is 1.79. The van der Waals surface area contributed by atoms with Gasteiger partial charge < -0.3 is 4.90 Å². The Bertz CT molecular complexity index is 297. The molecule has 0 aromatic carbocycles. The first-order valence-electron chi connectivity index (χ1n) is 6.55. The van der Waals surface area contributed by atoms with Crippen molar-refractivity contribution in [2.75, 3.05) is 18.0 Å². The summed E-state index contributed by atoms with van der Waals surface area (Å²) >= 11 is 0. The molecule has 1 atom stereocenters. The molecule has 16 heavy (non-hydrogen) atoms. The second-order valence-electron chi connectivity index (χ2n) is 4.81. The van der Waals surface area contributed by atoms with Crippen molar-refractivity contribution in [3.05, 3.63) is 24.5 Å². The number of rotatable bonds is 5. The summed E-state index contributed by atoms with van der Waals surface area (Å²) in [6.45, 7) is 4.72. The van der Waals surface area contributed by atoms with Gasteiger partial charge in [0.15, 0.2) is 0 Å². The highest BCUT2D eigenvalue weighted by atomic mass is 15.2. The zero-order valence-corrected chi connectivity index (χ0v) is 10.2. The molecule has 1 aliphatic heterocycles. The number of nitrogens with zero attached hydrogens (tertiary/aromatic N) is 2. The molecule has 0 radical (unpaired) electrons. The van der Waals surface area contributed by atoms with Crippen molar-refractivity contribution in [2.24, 2.45) is 5.92 Å². The van der Waals surface area contributed by atoms with E-state index in [0.29, 0.717) is 0 Å². The van der Waals surface area contributed by atoms with Crippen molar-refractivity contribution in [3.8, 4) is 0 Å². The summed E-state index contributed by atoms with van der Waals surface area (Å²) < 4.78 is 0.